The SMILES string of the molecule is COCC(O)CN(C)C(=O)c1cc(N)c(C)cc1C. The standard InChI is InChI=1S/C14H22N2O3/c1-9-5-10(2)13(15)6-12(9)14(18)16(3)7-11(17)8-19-4/h5-6,11,17H,7-8,15H2,1-4H3. The van der Waals surface area contributed by atoms with E-state index in [0.717, 1.165) is 11.1 Å². The molecule has 3 N–H and O–H groups in total. The summed E-state index contributed by atoms with van der Waals surface area (Å²) in [7, 11) is 3.16. The van der Waals surface area contributed by atoms with Crippen LogP contribution in [0.25, 0.3) is 0 Å². The van der Waals surface area contributed by atoms with E-state index in [2.05, 4.69) is 0 Å². The molecule has 0 aliphatic carbocycles. The molecule has 5 heteroatoms. The lowest BCUT2D eigenvalue weighted by Crippen LogP contribution is -2.36. The average Bonchev–Trinajstić information content (AvgIpc) is 2.33. The van der Waals surface area contributed by atoms with Gasteiger partial charge in [-0.1, -0.05) is 6.07 Å². The smallest absolute Gasteiger partial charge is 0.254 e. The van der Waals surface area contributed by atoms with Gasteiger partial charge in [-0.3, -0.25) is 4.79 Å². The molecule has 0 aliphatic rings. The molecule has 0 saturated heterocycles. The number of amides is 1. The van der Waals surface area contributed by atoms with Gasteiger partial charge in [0, 0.05) is 32.0 Å². The zero-order valence-corrected chi connectivity index (χ0v) is 11.9. The molecule has 0 fully saturated rings. The number of aliphatic hydroxyl groups excluding tert-OH is 1. The first-order chi connectivity index (χ1) is 8.86. The van der Waals surface area contributed by atoms with Crippen molar-refractivity contribution < 1.29 is 14.6 Å². The van der Waals surface area contributed by atoms with Gasteiger partial charge in [-0.15, -0.1) is 0 Å². The Kier molecular flexibility index (Phi) is 5.32. The van der Waals surface area contributed by atoms with Crippen LogP contribution in [0.3, 0.4) is 0 Å². The lowest BCUT2D eigenvalue weighted by Gasteiger charge is -2.21. The lowest BCUT2D eigenvalue weighted by atomic mass is 10.0. The molecule has 19 heavy (non-hydrogen) atoms. The number of carbonyl (C=O) groups excluding carboxylic acids is 1. The maximum Gasteiger partial charge on any atom is 0.254 e. The topological polar surface area (TPSA) is 75.8 Å². The summed E-state index contributed by atoms with van der Waals surface area (Å²) >= 11 is 0. The number of hydrogen-bond acceptors (Lipinski definition) is 4. The average molecular weight is 266 g/mol. The Morgan fingerprint density at radius 1 is 1.42 bits per heavy atom. The van der Waals surface area contributed by atoms with Gasteiger partial charge in [-0.25, -0.2) is 0 Å². The predicted octanol–water partition coefficient (Wildman–Crippen LogP) is 0.965. The Labute approximate surface area is 114 Å². The fourth-order valence-electron chi connectivity index (χ4n) is 1.95. The van der Waals surface area contributed by atoms with Gasteiger partial charge in [0.15, 0.2) is 0 Å². The Morgan fingerprint density at radius 2 is 2.05 bits per heavy atom. The molecule has 1 aromatic rings. The van der Waals surface area contributed by atoms with Crippen molar-refractivity contribution in [3.05, 3.63) is 28.8 Å². The minimum atomic E-state index is -0.693. The largest absolute Gasteiger partial charge is 0.398 e. The summed E-state index contributed by atoms with van der Waals surface area (Å²) < 4.78 is 4.84. The molecule has 0 aromatic heterocycles. The normalized spacial score (nSPS) is 12.3. The minimum Gasteiger partial charge on any atom is -0.398 e. The summed E-state index contributed by atoms with van der Waals surface area (Å²) in [6.07, 6.45) is -0.693. The van der Waals surface area contributed by atoms with E-state index >= 15 is 0 Å². The molecule has 1 aromatic carbocycles. The number of aryl methyl sites for hydroxylation is 2. The fourth-order valence-corrected chi connectivity index (χ4v) is 1.95. The van der Waals surface area contributed by atoms with E-state index in [1.807, 2.05) is 19.9 Å². The molecule has 106 valence electrons. The molecule has 0 heterocycles. The number of benzene rings is 1. The van der Waals surface area contributed by atoms with Crippen molar-refractivity contribution in [1.29, 1.82) is 0 Å². The van der Waals surface area contributed by atoms with E-state index in [9.17, 15) is 9.90 Å². The molecule has 1 unspecified atom stereocenters. The number of ether oxygens (including phenoxy) is 1. The molecule has 0 aliphatic heterocycles. The van der Waals surface area contributed by atoms with Crippen molar-refractivity contribution in [3.63, 3.8) is 0 Å². The number of nitrogens with two attached hydrogens (primary N) is 1. The zero-order valence-electron chi connectivity index (χ0n) is 11.9. The van der Waals surface area contributed by atoms with Crippen molar-refractivity contribution >= 4 is 11.6 Å². The van der Waals surface area contributed by atoms with E-state index in [-0.39, 0.29) is 19.1 Å². The van der Waals surface area contributed by atoms with Crippen LogP contribution in [0.1, 0.15) is 21.5 Å². The Hall–Kier alpha value is -1.59. The van der Waals surface area contributed by atoms with E-state index in [4.69, 9.17) is 10.5 Å². The van der Waals surface area contributed by atoms with E-state index in [0.29, 0.717) is 11.3 Å². The number of hydrogen-bond donors (Lipinski definition) is 2. The Bertz CT molecular complexity index is 460. The number of nitrogens with zero attached hydrogens (tertiary/aromatic N) is 1. The molecule has 0 saturated carbocycles. The summed E-state index contributed by atoms with van der Waals surface area (Å²) in [6.45, 7) is 4.20. The Morgan fingerprint density at radius 3 is 2.63 bits per heavy atom. The maximum atomic E-state index is 12.3. The van der Waals surface area contributed by atoms with Crippen molar-refractivity contribution in [3.8, 4) is 0 Å². The van der Waals surface area contributed by atoms with Gasteiger partial charge < -0.3 is 20.5 Å². The maximum absolute atomic E-state index is 12.3. The first kappa shape index (κ1) is 15.5. The predicted molar refractivity (Wildman–Crippen MR) is 75.2 cm³/mol. The summed E-state index contributed by atoms with van der Waals surface area (Å²) in [5.74, 6) is -0.153. The molecular weight excluding hydrogens is 244 g/mol. The summed E-state index contributed by atoms with van der Waals surface area (Å²) in [5, 5.41) is 9.64. The van der Waals surface area contributed by atoms with Gasteiger partial charge in [0.2, 0.25) is 0 Å². The number of methoxy groups -OCH3 is 1. The van der Waals surface area contributed by atoms with Gasteiger partial charge in [0.25, 0.3) is 5.91 Å². The monoisotopic (exact) mass is 266 g/mol. The van der Waals surface area contributed by atoms with Gasteiger partial charge in [0.05, 0.1) is 12.7 Å². The third-order valence-corrected chi connectivity index (χ3v) is 3.03. The van der Waals surface area contributed by atoms with Gasteiger partial charge in [-0.2, -0.15) is 0 Å². The summed E-state index contributed by atoms with van der Waals surface area (Å²) in [6, 6.07) is 3.58. The van der Waals surface area contributed by atoms with E-state index < -0.39 is 6.10 Å². The summed E-state index contributed by atoms with van der Waals surface area (Å²) in [4.78, 5) is 13.8. The molecule has 1 rings (SSSR count). The van der Waals surface area contributed by atoms with Crippen LogP contribution < -0.4 is 5.73 Å². The number of anilines is 1. The Balaban J connectivity index is 2.85. The van der Waals surface area contributed by atoms with Crippen molar-refractivity contribution in [2.24, 2.45) is 0 Å². The molecule has 1 atom stereocenters. The lowest BCUT2D eigenvalue weighted by molar-refractivity contribution is 0.0380. The van der Waals surface area contributed by atoms with Gasteiger partial charge in [-0.05, 0) is 31.0 Å². The zero-order chi connectivity index (χ0) is 14.6. The van der Waals surface area contributed by atoms with Crippen LogP contribution in [0.4, 0.5) is 5.69 Å². The van der Waals surface area contributed by atoms with Gasteiger partial charge in [0.1, 0.15) is 0 Å². The molecule has 0 bridgehead atoms. The minimum absolute atomic E-state index is 0.153. The fraction of sp³-hybridized carbons (Fsp3) is 0.500. The van der Waals surface area contributed by atoms with Crippen molar-refractivity contribution in [2.75, 3.05) is 33.0 Å². The van der Waals surface area contributed by atoms with Crippen LogP contribution in [0.5, 0.6) is 0 Å². The molecule has 5 nitrogen and oxygen atoms in total. The third-order valence-electron chi connectivity index (χ3n) is 3.03. The van der Waals surface area contributed by atoms with Crippen LogP contribution in [-0.2, 0) is 4.74 Å². The quantitative estimate of drug-likeness (QED) is 0.779. The van der Waals surface area contributed by atoms with Crippen molar-refractivity contribution in [2.45, 2.75) is 20.0 Å². The first-order valence-corrected chi connectivity index (χ1v) is 6.16. The van der Waals surface area contributed by atoms with Crippen LogP contribution >= 0.6 is 0 Å². The van der Waals surface area contributed by atoms with Gasteiger partial charge >= 0.3 is 0 Å². The van der Waals surface area contributed by atoms with Crippen molar-refractivity contribution in [1.82, 2.24) is 4.90 Å². The number of rotatable bonds is 5. The van der Waals surface area contributed by atoms with Crippen LogP contribution in [0.2, 0.25) is 0 Å². The highest BCUT2D eigenvalue weighted by atomic mass is 16.5. The molecule has 0 spiro atoms. The van der Waals surface area contributed by atoms with Crippen LogP contribution in [-0.4, -0.2) is 49.3 Å². The second-order valence-corrected chi connectivity index (χ2v) is 4.82. The van der Waals surface area contributed by atoms with Crippen LogP contribution in [0.15, 0.2) is 12.1 Å². The summed E-state index contributed by atoms with van der Waals surface area (Å²) in [5.41, 5.74) is 8.83. The second-order valence-electron chi connectivity index (χ2n) is 4.82. The first-order valence-electron chi connectivity index (χ1n) is 6.16. The highest BCUT2D eigenvalue weighted by molar-refractivity contribution is 5.96. The molecule has 1 amide bonds. The van der Waals surface area contributed by atoms with Crippen LogP contribution in [0, 0.1) is 13.8 Å². The molecule has 0 radical (unpaired) electrons. The number of aliphatic hydroxyl groups is 1. The highest BCUT2D eigenvalue weighted by Crippen LogP contribution is 2.19. The van der Waals surface area contributed by atoms with E-state index in [1.165, 1.54) is 12.0 Å². The van der Waals surface area contributed by atoms with E-state index in [1.54, 1.807) is 13.1 Å². The molecular formula is C14H22N2O3. The second kappa shape index (κ2) is 6.54. The highest BCUT2D eigenvalue weighted by Gasteiger charge is 2.18. The third kappa shape index (κ3) is 3.94. The number of nitrogen functional groups attached to an aromatic ring is 1. The number of likely N-dealkylation sites (N-methyl/N-ethyl adjacent to an activating group) is 1. The number of carbonyl (C=O) groups is 1.